The van der Waals surface area contributed by atoms with Crippen molar-refractivity contribution in [1.82, 2.24) is 15.0 Å². The number of hydrogen-bond acceptors (Lipinski definition) is 6. The lowest BCUT2D eigenvalue weighted by molar-refractivity contribution is 0.305. The zero-order valence-corrected chi connectivity index (χ0v) is 11.3. The minimum absolute atomic E-state index is 0.0893. The van der Waals surface area contributed by atoms with E-state index in [1.165, 1.54) is 0 Å². The number of rotatable bonds is 6. The largest absolute Gasteiger partial charge is 0.478 e. The maximum Gasteiger partial charge on any atom is 0.226 e. The van der Waals surface area contributed by atoms with Gasteiger partial charge in [0.05, 0.1) is 12.6 Å². The van der Waals surface area contributed by atoms with Gasteiger partial charge in [0.25, 0.3) is 0 Å². The first-order valence-corrected chi connectivity index (χ1v) is 6.79. The Morgan fingerprint density at radius 3 is 3.00 bits per heavy atom. The van der Waals surface area contributed by atoms with Crippen molar-refractivity contribution in [3.05, 3.63) is 28.8 Å². The minimum Gasteiger partial charge on any atom is -0.478 e. The van der Waals surface area contributed by atoms with Crippen molar-refractivity contribution in [3.8, 4) is 5.88 Å². The third-order valence-corrected chi connectivity index (χ3v) is 3.21. The fourth-order valence-electron chi connectivity index (χ4n) is 1.40. The molecule has 2 heterocycles. The number of anilines is 1. The molecule has 0 radical (unpaired) electrons. The molecule has 0 spiro atoms. The summed E-state index contributed by atoms with van der Waals surface area (Å²) in [5.41, 5.74) is 0. The fraction of sp³-hybridized carbons (Fsp3) is 0.417. The highest BCUT2D eigenvalue weighted by molar-refractivity contribution is 7.09. The van der Waals surface area contributed by atoms with Gasteiger partial charge in [0.2, 0.25) is 11.8 Å². The van der Waals surface area contributed by atoms with E-state index in [4.69, 9.17) is 4.74 Å². The Bertz CT molecular complexity index is 475. The molecule has 1 atom stereocenters. The highest BCUT2D eigenvalue weighted by Crippen LogP contribution is 2.19. The van der Waals surface area contributed by atoms with Crippen molar-refractivity contribution in [3.63, 3.8) is 0 Å². The molecule has 0 fully saturated rings. The van der Waals surface area contributed by atoms with Crippen LogP contribution >= 0.6 is 11.3 Å². The molecular formula is C12H16N4OS. The Labute approximate surface area is 110 Å². The molecule has 0 aliphatic heterocycles. The van der Waals surface area contributed by atoms with E-state index in [0.29, 0.717) is 18.4 Å². The number of hydrogen-bond donors (Lipinski definition) is 1. The predicted octanol–water partition coefficient (Wildman–Crippen LogP) is 2.90. The highest BCUT2D eigenvalue weighted by Gasteiger charge is 2.09. The molecule has 96 valence electrons. The number of aromatic nitrogens is 3. The van der Waals surface area contributed by atoms with Crippen LogP contribution in [0.15, 0.2) is 23.8 Å². The van der Waals surface area contributed by atoms with Crippen LogP contribution in [-0.4, -0.2) is 21.6 Å². The number of nitrogens with one attached hydrogen (secondary N) is 1. The van der Waals surface area contributed by atoms with Crippen LogP contribution in [0.4, 0.5) is 5.95 Å². The van der Waals surface area contributed by atoms with Crippen molar-refractivity contribution in [2.45, 2.75) is 26.3 Å². The van der Waals surface area contributed by atoms with E-state index in [0.717, 1.165) is 11.4 Å². The number of thiazole rings is 1. The van der Waals surface area contributed by atoms with Gasteiger partial charge in [-0.15, -0.1) is 11.3 Å². The van der Waals surface area contributed by atoms with Gasteiger partial charge in [-0.25, -0.2) is 9.97 Å². The molecule has 2 aromatic rings. The van der Waals surface area contributed by atoms with Gasteiger partial charge >= 0.3 is 0 Å². The van der Waals surface area contributed by atoms with Gasteiger partial charge in [-0.3, -0.25) is 0 Å². The molecule has 0 bridgehead atoms. The van der Waals surface area contributed by atoms with Crippen LogP contribution in [0.1, 0.15) is 31.3 Å². The average Bonchev–Trinajstić information content (AvgIpc) is 2.91. The van der Waals surface area contributed by atoms with Gasteiger partial charge in [0.15, 0.2) is 0 Å². The average molecular weight is 264 g/mol. The lowest BCUT2D eigenvalue weighted by Gasteiger charge is -2.11. The van der Waals surface area contributed by atoms with Crippen LogP contribution in [0, 0.1) is 0 Å². The summed E-state index contributed by atoms with van der Waals surface area (Å²) in [5.74, 6) is 1.16. The highest BCUT2D eigenvalue weighted by atomic mass is 32.1. The van der Waals surface area contributed by atoms with E-state index < -0.39 is 0 Å². The van der Waals surface area contributed by atoms with Crippen LogP contribution in [0.3, 0.4) is 0 Å². The topological polar surface area (TPSA) is 59.9 Å². The predicted molar refractivity (Wildman–Crippen MR) is 72.0 cm³/mol. The number of nitrogens with zero attached hydrogens (tertiary/aromatic N) is 3. The van der Waals surface area contributed by atoms with E-state index >= 15 is 0 Å². The molecular weight excluding hydrogens is 248 g/mol. The van der Waals surface area contributed by atoms with E-state index in [-0.39, 0.29) is 6.04 Å². The molecule has 2 aromatic heterocycles. The summed E-state index contributed by atoms with van der Waals surface area (Å²) in [6.07, 6.45) is 4.44. The van der Waals surface area contributed by atoms with Crippen molar-refractivity contribution < 1.29 is 4.74 Å². The SMILES string of the molecule is CCCOc1ccnc(NC(C)c2nccs2)n1. The van der Waals surface area contributed by atoms with E-state index in [1.54, 1.807) is 29.8 Å². The summed E-state index contributed by atoms with van der Waals surface area (Å²) in [6.45, 7) is 4.76. The molecule has 0 amide bonds. The Morgan fingerprint density at radius 2 is 2.28 bits per heavy atom. The summed E-state index contributed by atoms with van der Waals surface area (Å²) < 4.78 is 5.46. The van der Waals surface area contributed by atoms with Crippen molar-refractivity contribution in [2.24, 2.45) is 0 Å². The second-order valence-electron chi connectivity index (χ2n) is 3.80. The smallest absolute Gasteiger partial charge is 0.226 e. The molecule has 0 aliphatic rings. The molecule has 0 saturated heterocycles. The van der Waals surface area contributed by atoms with Crippen LogP contribution in [0.5, 0.6) is 5.88 Å². The van der Waals surface area contributed by atoms with Gasteiger partial charge in [-0.1, -0.05) is 6.92 Å². The lowest BCUT2D eigenvalue weighted by Crippen LogP contribution is -2.09. The fourth-order valence-corrected chi connectivity index (χ4v) is 2.05. The molecule has 0 aliphatic carbocycles. The van der Waals surface area contributed by atoms with E-state index in [1.807, 2.05) is 12.3 Å². The number of ether oxygens (including phenoxy) is 1. The van der Waals surface area contributed by atoms with Crippen LogP contribution < -0.4 is 10.1 Å². The molecule has 0 saturated carbocycles. The van der Waals surface area contributed by atoms with Crippen LogP contribution in [0.2, 0.25) is 0 Å². The summed E-state index contributed by atoms with van der Waals surface area (Å²) in [5, 5.41) is 6.17. The van der Waals surface area contributed by atoms with Gasteiger partial charge in [-0.05, 0) is 13.3 Å². The van der Waals surface area contributed by atoms with Gasteiger partial charge < -0.3 is 10.1 Å². The van der Waals surface area contributed by atoms with E-state index in [2.05, 4.69) is 27.2 Å². The van der Waals surface area contributed by atoms with Crippen molar-refractivity contribution >= 4 is 17.3 Å². The maximum atomic E-state index is 5.46. The van der Waals surface area contributed by atoms with Crippen molar-refractivity contribution in [1.29, 1.82) is 0 Å². The third-order valence-electron chi connectivity index (χ3n) is 2.25. The molecule has 1 unspecified atom stereocenters. The molecule has 5 nitrogen and oxygen atoms in total. The summed E-state index contributed by atoms with van der Waals surface area (Å²) >= 11 is 1.61. The van der Waals surface area contributed by atoms with Gasteiger partial charge in [0.1, 0.15) is 5.01 Å². The summed E-state index contributed by atoms with van der Waals surface area (Å²) in [4.78, 5) is 12.7. The zero-order chi connectivity index (χ0) is 12.8. The summed E-state index contributed by atoms with van der Waals surface area (Å²) in [6, 6.07) is 1.85. The Hall–Kier alpha value is -1.69. The Balaban J connectivity index is 2.00. The molecule has 2 rings (SSSR count). The Kier molecular flexibility index (Phi) is 4.46. The lowest BCUT2D eigenvalue weighted by atomic mass is 10.4. The Morgan fingerprint density at radius 1 is 1.39 bits per heavy atom. The normalized spacial score (nSPS) is 12.1. The third kappa shape index (κ3) is 3.40. The standard InChI is InChI=1S/C12H16N4OS/c1-3-7-17-10-4-5-14-12(16-10)15-9(2)11-13-6-8-18-11/h4-6,8-9H,3,7H2,1-2H3,(H,14,15,16). The zero-order valence-electron chi connectivity index (χ0n) is 10.5. The van der Waals surface area contributed by atoms with Crippen LogP contribution in [0.25, 0.3) is 0 Å². The maximum absolute atomic E-state index is 5.46. The van der Waals surface area contributed by atoms with Crippen LogP contribution in [-0.2, 0) is 0 Å². The van der Waals surface area contributed by atoms with E-state index in [9.17, 15) is 0 Å². The second kappa shape index (κ2) is 6.30. The molecule has 18 heavy (non-hydrogen) atoms. The first-order valence-electron chi connectivity index (χ1n) is 5.91. The second-order valence-corrected chi connectivity index (χ2v) is 4.73. The van der Waals surface area contributed by atoms with Gasteiger partial charge in [0, 0.05) is 23.8 Å². The molecule has 1 N–H and O–H groups in total. The quantitative estimate of drug-likeness (QED) is 0.869. The first kappa shape index (κ1) is 12.8. The summed E-state index contributed by atoms with van der Waals surface area (Å²) in [7, 11) is 0. The van der Waals surface area contributed by atoms with Crippen molar-refractivity contribution in [2.75, 3.05) is 11.9 Å². The monoisotopic (exact) mass is 264 g/mol. The first-order chi connectivity index (χ1) is 8.79. The molecule has 6 heteroatoms. The minimum atomic E-state index is 0.0893. The molecule has 0 aromatic carbocycles. The van der Waals surface area contributed by atoms with Gasteiger partial charge in [-0.2, -0.15) is 4.98 Å².